The third-order valence-corrected chi connectivity index (χ3v) is 2.63. The molecular weight excluding hydrogens is 166 g/mol. The van der Waals surface area contributed by atoms with Gasteiger partial charge in [0.15, 0.2) is 0 Å². The Morgan fingerprint density at radius 3 is 2.00 bits per heavy atom. The Morgan fingerprint density at radius 1 is 1.15 bits per heavy atom. The maximum Gasteiger partial charge on any atom is 0.229 e. The number of likely N-dealkylation sites (tertiary alicyclic amines) is 1. The zero-order valence-corrected chi connectivity index (χ0v) is 8.38. The number of rotatable bonds is 3. The van der Waals surface area contributed by atoms with E-state index in [4.69, 9.17) is 0 Å². The maximum atomic E-state index is 11.5. The van der Waals surface area contributed by atoms with Crippen molar-refractivity contribution in [2.45, 2.75) is 52.0 Å². The van der Waals surface area contributed by atoms with Gasteiger partial charge in [-0.2, -0.15) is 0 Å². The molecule has 1 aliphatic rings. The van der Waals surface area contributed by atoms with Crippen molar-refractivity contribution in [3.8, 4) is 0 Å². The van der Waals surface area contributed by atoms with Crippen LogP contribution in [0.25, 0.3) is 0 Å². The lowest BCUT2D eigenvalue weighted by Crippen LogP contribution is -2.46. The second kappa shape index (κ2) is 4.40. The van der Waals surface area contributed by atoms with Crippen molar-refractivity contribution in [1.29, 1.82) is 0 Å². The van der Waals surface area contributed by atoms with E-state index in [0.29, 0.717) is 12.8 Å². The Bertz CT molecular complexity index is 193. The van der Waals surface area contributed by atoms with Gasteiger partial charge in [-0.15, -0.1) is 0 Å². The summed E-state index contributed by atoms with van der Waals surface area (Å²) >= 11 is 0. The highest BCUT2D eigenvalue weighted by Gasteiger charge is 2.30. The van der Waals surface area contributed by atoms with Crippen LogP contribution in [0.3, 0.4) is 0 Å². The van der Waals surface area contributed by atoms with Gasteiger partial charge in [0.25, 0.3) is 0 Å². The third kappa shape index (κ3) is 2.08. The summed E-state index contributed by atoms with van der Waals surface area (Å²) in [6, 6.07) is 0.125. The highest BCUT2D eigenvalue weighted by molar-refractivity contribution is 5.97. The lowest BCUT2D eigenvalue weighted by Gasteiger charge is -2.31. The molecule has 0 N–H and O–H groups in total. The van der Waals surface area contributed by atoms with Crippen LogP contribution in [0, 0.1) is 0 Å². The normalized spacial score (nSPS) is 18.5. The largest absolute Gasteiger partial charge is 0.280 e. The predicted octanol–water partition coefficient (Wildman–Crippen LogP) is 1.71. The molecule has 1 fully saturated rings. The molecule has 1 saturated heterocycles. The Balaban J connectivity index is 2.72. The fourth-order valence-electron chi connectivity index (χ4n) is 1.83. The summed E-state index contributed by atoms with van der Waals surface area (Å²) in [4.78, 5) is 24.4. The average molecular weight is 183 g/mol. The second-order valence-electron chi connectivity index (χ2n) is 3.48. The van der Waals surface area contributed by atoms with E-state index in [2.05, 4.69) is 0 Å². The second-order valence-corrected chi connectivity index (χ2v) is 3.48. The van der Waals surface area contributed by atoms with E-state index >= 15 is 0 Å². The summed E-state index contributed by atoms with van der Waals surface area (Å²) in [5.41, 5.74) is 0. The number of imide groups is 1. The summed E-state index contributed by atoms with van der Waals surface area (Å²) < 4.78 is 0. The molecule has 0 spiro atoms. The average Bonchev–Trinajstić information content (AvgIpc) is 2.11. The Morgan fingerprint density at radius 2 is 1.62 bits per heavy atom. The van der Waals surface area contributed by atoms with Gasteiger partial charge in [0, 0.05) is 18.9 Å². The van der Waals surface area contributed by atoms with Crippen LogP contribution in [-0.4, -0.2) is 22.8 Å². The molecule has 0 saturated carbocycles. The van der Waals surface area contributed by atoms with Crippen molar-refractivity contribution in [3.63, 3.8) is 0 Å². The first-order valence-electron chi connectivity index (χ1n) is 5.05. The molecule has 3 heteroatoms. The minimum Gasteiger partial charge on any atom is -0.280 e. The predicted molar refractivity (Wildman–Crippen MR) is 50.1 cm³/mol. The standard InChI is InChI=1S/C10H17NO2/c1-3-8(4-2)11-9(12)6-5-7-10(11)13/h8H,3-7H2,1-2H3. The van der Waals surface area contributed by atoms with E-state index in [9.17, 15) is 9.59 Å². The van der Waals surface area contributed by atoms with Crippen LogP contribution in [-0.2, 0) is 9.59 Å². The molecule has 1 heterocycles. The summed E-state index contributed by atoms with van der Waals surface area (Å²) in [7, 11) is 0. The van der Waals surface area contributed by atoms with E-state index in [1.807, 2.05) is 13.8 Å². The molecule has 0 aromatic rings. The summed E-state index contributed by atoms with van der Waals surface area (Å²) in [5, 5.41) is 0. The number of carbonyl (C=O) groups is 2. The Labute approximate surface area is 79.1 Å². The Hall–Kier alpha value is -0.860. The monoisotopic (exact) mass is 183 g/mol. The fourth-order valence-corrected chi connectivity index (χ4v) is 1.83. The smallest absolute Gasteiger partial charge is 0.229 e. The first-order chi connectivity index (χ1) is 6.20. The Kier molecular flexibility index (Phi) is 3.46. The lowest BCUT2D eigenvalue weighted by molar-refractivity contribution is -0.151. The van der Waals surface area contributed by atoms with Gasteiger partial charge in [0.2, 0.25) is 11.8 Å². The molecule has 13 heavy (non-hydrogen) atoms. The van der Waals surface area contributed by atoms with Gasteiger partial charge >= 0.3 is 0 Å². The number of amides is 2. The van der Waals surface area contributed by atoms with E-state index < -0.39 is 0 Å². The zero-order valence-electron chi connectivity index (χ0n) is 8.38. The van der Waals surface area contributed by atoms with Crippen LogP contribution < -0.4 is 0 Å². The van der Waals surface area contributed by atoms with Gasteiger partial charge in [-0.05, 0) is 19.3 Å². The van der Waals surface area contributed by atoms with Crippen molar-refractivity contribution >= 4 is 11.8 Å². The van der Waals surface area contributed by atoms with Gasteiger partial charge in [0.05, 0.1) is 0 Å². The van der Waals surface area contributed by atoms with Gasteiger partial charge in [-0.3, -0.25) is 14.5 Å². The molecule has 0 atom stereocenters. The summed E-state index contributed by atoms with van der Waals surface area (Å²) in [6.45, 7) is 4.03. The van der Waals surface area contributed by atoms with Gasteiger partial charge in [-0.1, -0.05) is 13.8 Å². The molecule has 1 aliphatic heterocycles. The lowest BCUT2D eigenvalue weighted by atomic mass is 10.0. The van der Waals surface area contributed by atoms with Gasteiger partial charge in [0.1, 0.15) is 0 Å². The minimum atomic E-state index is 0.0185. The molecule has 3 nitrogen and oxygen atoms in total. The summed E-state index contributed by atoms with van der Waals surface area (Å²) in [5.74, 6) is 0.0369. The number of hydrogen-bond donors (Lipinski definition) is 0. The SMILES string of the molecule is CCC(CC)N1C(=O)CCCC1=O. The molecule has 1 rings (SSSR count). The highest BCUT2D eigenvalue weighted by Crippen LogP contribution is 2.18. The van der Waals surface area contributed by atoms with E-state index in [0.717, 1.165) is 19.3 Å². The van der Waals surface area contributed by atoms with Crippen molar-refractivity contribution in [3.05, 3.63) is 0 Å². The quantitative estimate of drug-likeness (QED) is 0.625. The topological polar surface area (TPSA) is 37.4 Å². The van der Waals surface area contributed by atoms with Crippen LogP contribution in [0.5, 0.6) is 0 Å². The molecule has 0 aromatic heterocycles. The first kappa shape index (κ1) is 10.2. The number of hydrogen-bond acceptors (Lipinski definition) is 2. The fraction of sp³-hybridized carbons (Fsp3) is 0.800. The van der Waals surface area contributed by atoms with E-state index in [-0.39, 0.29) is 17.9 Å². The van der Waals surface area contributed by atoms with E-state index in [1.165, 1.54) is 4.90 Å². The van der Waals surface area contributed by atoms with E-state index in [1.54, 1.807) is 0 Å². The van der Waals surface area contributed by atoms with Crippen LogP contribution in [0.4, 0.5) is 0 Å². The molecule has 0 bridgehead atoms. The van der Waals surface area contributed by atoms with Crippen molar-refractivity contribution in [2.24, 2.45) is 0 Å². The molecule has 0 unspecified atom stereocenters. The van der Waals surface area contributed by atoms with Crippen LogP contribution in [0.2, 0.25) is 0 Å². The van der Waals surface area contributed by atoms with Gasteiger partial charge < -0.3 is 0 Å². The van der Waals surface area contributed by atoms with Crippen molar-refractivity contribution in [1.82, 2.24) is 4.90 Å². The number of piperidine rings is 1. The molecule has 2 amide bonds. The van der Waals surface area contributed by atoms with Crippen molar-refractivity contribution in [2.75, 3.05) is 0 Å². The maximum absolute atomic E-state index is 11.5. The third-order valence-electron chi connectivity index (χ3n) is 2.63. The van der Waals surface area contributed by atoms with Crippen LogP contribution >= 0.6 is 0 Å². The van der Waals surface area contributed by atoms with Crippen LogP contribution in [0.15, 0.2) is 0 Å². The van der Waals surface area contributed by atoms with Crippen LogP contribution in [0.1, 0.15) is 46.0 Å². The highest BCUT2D eigenvalue weighted by atomic mass is 16.2. The molecule has 0 radical (unpaired) electrons. The molecule has 0 aromatic carbocycles. The number of carbonyl (C=O) groups excluding carboxylic acids is 2. The number of nitrogens with zero attached hydrogens (tertiary/aromatic N) is 1. The molecule has 0 aliphatic carbocycles. The first-order valence-corrected chi connectivity index (χ1v) is 5.05. The molecular formula is C10H17NO2. The van der Waals surface area contributed by atoms with Gasteiger partial charge in [-0.25, -0.2) is 0 Å². The van der Waals surface area contributed by atoms with Crippen molar-refractivity contribution < 1.29 is 9.59 Å². The minimum absolute atomic E-state index is 0.0185. The zero-order chi connectivity index (χ0) is 9.84. The molecule has 74 valence electrons. The summed E-state index contributed by atoms with van der Waals surface area (Å²) in [6.07, 6.45) is 3.56.